The Hall–Kier alpha value is -3.96. The molecule has 232 valence electrons. The highest BCUT2D eigenvalue weighted by Gasteiger charge is 2.25. The molecule has 1 unspecified atom stereocenters. The molecule has 0 aliphatic heterocycles. The molecule has 3 rings (SSSR count). The number of benzene rings is 3. The third-order valence-corrected chi connectivity index (χ3v) is 7.99. The molecule has 0 fully saturated rings. The molecule has 3 amide bonds. The van der Waals surface area contributed by atoms with Gasteiger partial charge in [-0.1, -0.05) is 54.6 Å². The molecule has 0 aliphatic carbocycles. The summed E-state index contributed by atoms with van der Waals surface area (Å²) in [6.45, 7) is 9.11. The number of carbonyl (C=O) groups excluding carboxylic acids is 3. The van der Waals surface area contributed by atoms with Crippen LogP contribution in [0.4, 0.5) is 10.5 Å². The van der Waals surface area contributed by atoms with Gasteiger partial charge in [0, 0.05) is 29.0 Å². The van der Waals surface area contributed by atoms with Gasteiger partial charge in [0.15, 0.2) is 0 Å². The number of rotatable bonds is 13. The van der Waals surface area contributed by atoms with Crippen LogP contribution in [0.2, 0.25) is 0 Å². The number of alkyl carbamates (subject to hydrolysis) is 1. The van der Waals surface area contributed by atoms with Crippen LogP contribution in [-0.4, -0.2) is 50.6 Å². The van der Waals surface area contributed by atoms with E-state index in [1.165, 1.54) is 6.07 Å². The van der Waals surface area contributed by atoms with Gasteiger partial charge in [-0.25, -0.2) is 17.9 Å². The third kappa shape index (κ3) is 10.7. The van der Waals surface area contributed by atoms with Crippen LogP contribution in [0.25, 0.3) is 10.8 Å². The summed E-state index contributed by atoms with van der Waals surface area (Å²) < 4.78 is 33.9. The van der Waals surface area contributed by atoms with E-state index >= 15 is 0 Å². The molecule has 4 N–H and O–H groups in total. The quantitative estimate of drug-likeness (QED) is 0.203. The molecule has 10 nitrogen and oxygen atoms in total. The maximum absolute atomic E-state index is 13.5. The lowest BCUT2D eigenvalue weighted by Gasteiger charge is -2.23. The maximum Gasteiger partial charge on any atom is 0.408 e. The Morgan fingerprint density at radius 2 is 1.53 bits per heavy atom. The standard InChI is InChI=1S/C32H42N4O6S/c1-22(2)36-43(40,41)28-19-12-15-24-25(28)16-11-18-26(24)34-30(38)27(35-31(39)42-32(3,4)5)17-9-10-20-33-29(37)21-23-13-7-6-8-14-23/h6-8,11-16,18-19,22,27,36H,9-10,17,20-21H2,1-5H3,(H,33,37)(H,34,38)(H,35,39). The van der Waals surface area contributed by atoms with Crippen molar-refractivity contribution < 1.29 is 27.5 Å². The largest absolute Gasteiger partial charge is 0.444 e. The zero-order chi connectivity index (χ0) is 31.6. The molecule has 11 heteroatoms. The van der Waals surface area contributed by atoms with E-state index in [2.05, 4.69) is 20.7 Å². The Bertz CT molecular complexity index is 1520. The van der Waals surface area contributed by atoms with Crippen molar-refractivity contribution in [3.8, 4) is 0 Å². The minimum atomic E-state index is -3.79. The smallest absolute Gasteiger partial charge is 0.408 e. The predicted molar refractivity (Wildman–Crippen MR) is 168 cm³/mol. The number of ether oxygens (including phenoxy) is 1. The number of fused-ring (bicyclic) bond motifs is 1. The zero-order valence-corrected chi connectivity index (χ0v) is 26.2. The monoisotopic (exact) mass is 610 g/mol. The van der Waals surface area contributed by atoms with Gasteiger partial charge in [0.05, 0.1) is 11.3 Å². The van der Waals surface area contributed by atoms with E-state index < -0.39 is 33.7 Å². The van der Waals surface area contributed by atoms with E-state index in [9.17, 15) is 22.8 Å². The molecule has 43 heavy (non-hydrogen) atoms. The Kier molecular flexibility index (Phi) is 11.7. The molecule has 3 aromatic rings. The summed E-state index contributed by atoms with van der Waals surface area (Å²) in [6.07, 6.45) is 0.988. The topological polar surface area (TPSA) is 143 Å². The molecule has 0 saturated heterocycles. The van der Waals surface area contributed by atoms with Gasteiger partial charge in [0.2, 0.25) is 21.8 Å². The molecule has 0 radical (unpaired) electrons. The first-order valence-electron chi connectivity index (χ1n) is 14.4. The third-order valence-electron chi connectivity index (χ3n) is 6.28. The lowest BCUT2D eigenvalue weighted by molar-refractivity contribution is -0.120. The van der Waals surface area contributed by atoms with E-state index in [0.29, 0.717) is 42.3 Å². The van der Waals surface area contributed by atoms with Crippen LogP contribution in [0.5, 0.6) is 0 Å². The van der Waals surface area contributed by atoms with Gasteiger partial charge in [-0.2, -0.15) is 0 Å². The van der Waals surface area contributed by atoms with Crippen molar-refractivity contribution in [2.75, 3.05) is 11.9 Å². The SMILES string of the molecule is CC(C)NS(=O)(=O)c1cccc2c(NC(=O)C(CCCCNC(=O)Cc3ccccc3)NC(=O)OC(C)(C)C)cccc12. The molecular formula is C32H42N4O6S. The Balaban J connectivity index is 1.70. The minimum Gasteiger partial charge on any atom is -0.444 e. The molecule has 0 saturated carbocycles. The summed E-state index contributed by atoms with van der Waals surface area (Å²) in [7, 11) is -3.79. The number of hydrogen-bond acceptors (Lipinski definition) is 6. The second kappa shape index (κ2) is 15.0. The summed E-state index contributed by atoms with van der Waals surface area (Å²) in [5, 5.41) is 9.42. The minimum absolute atomic E-state index is 0.0895. The highest BCUT2D eigenvalue weighted by molar-refractivity contribution is 7.89. The fourth-order valence-electron chi connectivity index (χ4n) is 4.48. The maximum atomic E-state index is 13.5. The Labute approximate surface area is 254 Å². The number of carbonyl (C=O) groups is 3. The van der Waals surface area contributed by atoms with Crippen molar-refractivity contribution in [2.24, 2.45) is 0 Å². The molecular weight excluding hydrogens is 568 g/mol. The summed E-state index contributed by atoms with van der Waals surface area (Å²) in [6, 6.07) is 18.1. The van der Waals surface area contributed by atoms with Gasteiger partial charge >= 0.3 is 6.09 Å². The highest BCUT2D eigenvalue weighted by Crippen LogP contribution is 2.29. The van der Waals surface area contributed by atoms with Gasteiger partial charge in [-0.3, -0.25) is 9.59 Å². The predicted octanol–water partition coefficient (Wildman–Crippen LogP) is 4.89. The van der Waals surface area contributed by atoms with Crippen LogP contribution in [0.3, 0.4) is 0 Å². The van der Waals surface area contributed by atoms with Crippen LogP contribution in [0.15, 0.2) is 71.6 Å². The van der Waals surface area contributed by atoms with Crippen molar-refractivity contribution in [3.63, 3.8) is 0 Å². The van der Waals surface area contributed by atoms with E-state index in [-0.39, 0.29) is 23.3 Å². The molecule has 0 bridgehead atoms. The van der Waals surface area contributed by atoms with Crippen molar-refractivity contribution in [3.05, 3.63) is 72.3 Å². The first-order chi connectivity index (χ1) is 20.2. The molecule has 0 aromatic heterocycles. The van der Waals surface area contributed by atoms with Crippen molar-refractivity contribution >= 4 is 44.4 Å². The van der Waals surface area contributed by atoms with Crippen LogP contribution >= 0.6 is 0 Å². The number of anilines is 1. The fraction of sp³-hybridized carbons (Fsp3) is 0.406. The van der Waals surface area contributed by atoms with E-state index in [0.717, 1.165) is 5.56 Å². The summed E-state index contributed by atoms with van der Waals surface area (Å²) >= 11 is 0. The van der Waals surface area contributed by atoms with Gasteiger partial charge < -0.3 is 20.7 Å². The van der Waals surface area contributed by atoms with Gasteiger partial charge in [-0.05, 0) is 71.6 Å². The summed E-state index contributed by atoms with van der Waals surface area (Å²) in [5.41, 5.74) is 0.580. The lowest BCUT2D eigenvalue weighted by Crippen LogP contribution is -2.45. The number of nitrogens with one attached hydrogen (secondary N) is 4. The Morgan fingerprint density at radius 3 is 2.21 bits per heavy atom. The molecule has 0 aliphatic rings. The normalized spacial score (nSPS) is 12.5. The molecule has 0 spiro atoms. The lowest BCUT2D eigenvalue weighted by atomic mass is 10.1. The van der Waals surface area contributed by atoms with Crippen molar-refractivity contribution in [2.45, 2.75) is 82.9 Å². The molecule has 1 atom stereocenters. The molecule has 0 heterocycles. The van der Waals surface area contributed by atoms with Crippen LogP contribution in [-0.2, 0) is 30.8 Å². The highest BCUT2D eigenvalue weighted by atomic mass is 32.2. The number of amides is 3. The van der Waals surface area contributed by atoms with Gasteiger partial charge in [-0.15, -0.1) is 0 Å². The average Bonchev–Trinajstić information content (AvgIpc) is 2.91. The number of hydrogen-bond donors (Lipinski definition) is 4. The van der Waals surface area contributed by atoms with Crippen LogP contribution < -0.4 is 20.7 Å². The number of sulfonamides is 1. The van der Waals surface area contributed by atoms with Gasteiger partial charge in [0.1, 0.15) is 11.6 Å². The first kappa shape index (κ1) is 33.5. The number of unbranched alkanes of at least 4 members (excludes halogenated alkanes) is 1. The fourth-order valence-corrected chi connectivity index (χ4v) is 5.95. The second-order valence-corrected chi connectivity index (χ2v) is 13.3. The van der Waals surface area contributed by atoms with Crippen molar-refractivity contribution in [1.29, 1.82) is 0 Å². The first-order valence-corrected chi connectivity index (χ1v) is 15.9. The summed E-state index contributed by atoms with van der Waals surface area (Å²) in [5.74, 6) is -0.562. The zero-order valence-electron chi connectivity index (χ0n) is 25.4. The van der Waals surface area contributed by atoms with E-state index in [4.69, 9.17) is 4.74 Å². The molecule has 3 aromatic carbocycles. The average molecular weight is 611 g/mol. The van der Waals surface area contributed by atoms with E-state index in [1.807, 2.05) is 30.3 Å². The Morgan fingerprint density at radius 1 is 0.860 bits per heavy atom. The van der Waals surface area contributed by atoms with E-state index in [1.54, 1.807) is 65.0 Å². The second-order valence-electron chi connectivity index (χ2n) is 11.6. The van der Waals surface area contributed by atoms with Gasteiger partial charge in [0.25, 0.3) is 0 Å². The van der Waals surface area contributed by atoms with Crippen LogP contribution in [0, 0.1) is 0 Å². The van der Waals surface area contributed by atoms with Crippen LogP contribution in [0.1, 0.15) is 59.4 Å². The summed E-state index contributed by atoms with van der Waals surface area (Å²) in [4.78, 5) is 38.4. The van der Waals surface area contributed by atoms with Crippen molar-refractivity contribution in [1.82, 2.24) is 15.4 Å².